The minimum absolute atomic E-state index is 0.0343. The van der Waals surface area contributed by atoms with Crippen molar-refractivity contribution in [1.29, 1.82) is 0 Å². The number of carbonyl (C=O) groups excluding carboxylic acids is 6. The molecule has 14 nitrogen and oxygen atoms in total. The molecule has 5 heterocycles. The smallest absolute Gasteiger partial charge is 0.262 e. The number of H-pyrrole nitrogens is 1. The number of aromatic nitrogens is 1. The van der Waals surface area contributed by atoms with Gasteiger partial charge in [0.1, 0.15) is 6.04 Å². The summed E-state index contributed by atoms with van der Waals surface area (Å²) in [6.07, 6.45) is 3.27. The van der Waals surface area contributed by atoms with Gasteiger partial charge in [-0.2, -0.15) is 0 Å². The molecule has 4 aliphatic heterocycles. The molecule has 0 radical (unpaired) electrons. The van der Waals surface area contributed by atoms with E-state index >= 15 is 0 Å². The van der Waals surface area contributed by atoms with Crippen molar-refractivity contribution in [2.45, 2.75) is 76.8 Å². The Morgan fingerprint density at radius 2 is 1.63 bits per heavy atom. The van der Waals surface area contributed by atoms with Crippen LogP contribution in [0.25, 0.3) is 15.7 Å². The SMILES string of the molecule is [C-]#[N+]c1ccc2c3c([nH]c2c1)C(C)(C)c1cc(N2CCC(N4CCN(C(=O)CCNc5ccc6c(c5)C(=O)N(C5CCC(=O)NC5=O)C6=O)CC4)CC2)c(CC)cc1C3=O. The first-order chi connectivity index (χ1) is 28.9. The van der Waals surface area contributed by atoms with E-state index in [0.29, 0.717) is 42.6 Å². The molecule has 308 valence electrons. The molecule has 1 aliphatic carbocycles. The molecule has 3 N–H and O–H groups in total. The molecule has 0 saturated carbocycles. The molecule has 1 aromatic heterocycles. The van der Waals surface area contributed by atoms with Gasteiger partial charge in [-0.3, -0.25) is 43.9 Å². The summed E-state index contributed by atoms with van der Waals surface area (Å²) in [7, 11) is 0. The first kappa shape index (κ1) is 39.1. The third-order valence-electron chi connectivity index (χ3n) is 13.4. The number of ketones is 1. The second-order valence-corrected chi connectivity index (χ2v) is 17.1. The summed E-state index contributed by atoms with van der Waals surface area (Å²) in [6.45, 7) is 19.1. The number of nitrogens with one attached hydrogen (secondary N) is 3. The Balaban J connectivity index is 0.779. The van der Waals surface area contributed by atoms with Gasteiger partial charge >= 0.3 is 0 Å². The van der Waals surface area contributed by atoms with E-state index in [2.05, 4.69) is 63.2 Å². The van der Waals surface area contributed by atoms with E-state index in [1.54, 1.807) is 24.3 Å². The Hall–Kier alpha value is -6.33. The van der Waals surface area contributed by atoms with Gasteiger partial charge in [0, 0.05) is 104 Å². The summed E-state index contributed by atoms with van der Waals surface area (Å²) in [5.41, 5.74) is 7.71. The van der Waals surface area contributed by atoms with E-state index in [1.165, 1.54) is 11.3 Å². The second kappa shape index (κ2) is 15.0. The van der Waals surface area contributed by atoms with Gasteiger partial charge in [-0.05, 0) is 73.2 Å². The van der Waals surface area contributed by atoms with Crippen LogP contribution < -0.4 is 15.5 Å². The molecule has 3 aromatic carbocycles. The fourth-order valence-electron chi connectivity index (χ4n) is 10.0. The third-order valence-corrected chi connectivity index (χ3v) is 13.4. The lowest BCUT2D eigenvalue weighted by Gasteiger charge is -2.44. The van der Waals surface area contributed by atoms with Gasteiger partial charge in [0.15, 0.2) is 11.5 Å². The number of hydrogen-bond donors (Lipinski definition) is 3. The topological polar surface area (TPSA) is 160 Å². The van der Waals surface area contributed by atoms with E-state index < -0.39 is 35.1 Å². The molecule has 5 aliphatic rings. The number of nitrogens with zero attached hydrogens (tertiary/aromatic N) is 5. The Labute approximate surface area is 348 Å². The van der Waals surface area contributed by atoms with Crippen molar-refractivity contribution in [2.75, 3.05) is 56.0 Å². The zero-order chi connectivity index (χ0) is 42.0. The fraction of sp³-hybridized carbons (Fsp3) is 0.413. The number of rotatable bonds is 8. The Bertz CT molecular complexity index is 2550. The molecular formula is C46H48N8O6. The van der Waals surface area contributed by atoms with Crippen LogP contribution in [0, 0.1) is 6.57 Å². The van der Waals surface area contributed by atoms with Crippen molar-refractivity contribution >= 4 is 63.3 Å². The van der Waals surface area contributed by atoms with Crippen molar-refractivity contribution in [3.05, 3.63) is 99.0 Å². The predicted molar refractivity (Wildman–Crippen MR) is 226 cm³/mol. The number of benzene rings is 3. The first-order valence-electron chi connectivity index (χ1n) is 21.0. The summed E-state index contributed by atoms with van der Waals surface area (Å²) in [4.78, 5) is 92.6. The Kier molecular flexibility index (Phi) is 9.82. The van der Waals surface area contributed by atoms with Crippen LogP contribution in [0.2, 0.25) is 0 Å². The molecule has 4 aromatic rings. The number of fused-ring (bicyclic) bond motifs is 5. The van der Waals surface area contributed by atoms with E-state index in [9.17, 15) is 28.8 Å². The van der Waals surface area contributed by atoms with Crippen molar-refractivity contribution in [2.24, 2.45) is 0 Å². The van der Waals surface area contributed by atoms with E-state index in [1.807, 2.05) is 17.0 Å². The first-order valence-corrected chi connectivity index (χ1v) is 21.0. The fourth-order valence-corrected chi connectivity index (χ4v) is 10.0. The number of aryl methyl sites for hydroxylation is 1. The molecule has 14 heteroatoms. The monoisotopic (exact) mass is 808 g/mol. The molecule has 0 spiro atoms. The molecule has 1 atom stereocenters. The molecule has 9 rings (SSSR count). The normalized spacial score (nSPS) is 20.5. The minimum atomic E-state index is -1.02. The number of anilines is 2. The summed E-state index contributed by atoms with van der Waals surface area (Å²) < 4.78 is 0. The highest BCUT2D eigenvalue weighted by molar-refractivity contribution is 6.24. The summed E-state index contributed by atoms with van der Waals surface area (Å²) in [6, 6.07) is 14.1. The van der Waals surface area contributed by atoms with Crippen LogP contribution in [-0.4, -0.2) is 113 Å². The van der Waals surface area contributed by atoms with Gasteiger partial charge in [-0.15, -0.1) is 0 Å². The maximum absolute atomic E-state index is 14.1. The maximum Gasteiger partial charge on any atom is 0.262 e. The number of carbonyl (C=O) groups is 6. The molecule has 5 amide bonds. The Morgan fingerprint density at radius 3 is 2.35 bits per heavy atom. The lowest BCUT2D eigenvalue weighted by atomic mass is 9.70. The predicted octanol–water partition coefficient (Wildman–Crippen LogP) is 5.17. The average molecular weight is 809 g/mol. The maximum atomic E-state index is 14.1. The lowest BCUT2D eigenvalue weighted by Crippen LogP contribution is -2.54. The van der Waals surface area contributed by atoms with Crippen molar-refractivity contribution in [1.82, 2.24) is 25.0 Å². The Morgan fingerprint density at radius 1 is 0.883 bits per heavy atom. The zero-order valence-corrected chi connectivity index (χ0v) is 34.2. The van der Waals surface area contributed by atoms with Crippen LogP contribution in [0.15, 0.2) is 48.5 Å². The van der Waals surface area contributed by atoms with Crippen LogP contribution in [0.5, 0.6) is 0 Å². The van der Waals surface area contributed by atoms with Crippen LogP contribution in [-0.2, 0) is 26.2 Å². The summed E-state index contributed by atoms with van der Waals surface area (Å²) in [5.74, 6) is -2.10. The van der Waals surface area contributed by atoms with Crippen molar-refractivity contribution < 1.29 is 28.8 Å². The van der Waals surface area contributed by atoms with Crippen molar-refractivity contribution in [3.63, 3.8) is 0 Å². The molecule has 1 unspecified atom stereocenters. The van der Waals surface area contributed by atoms with Crippen LogP contribution in [0.4, 0.5) is 17.1 Å². The number of hydrogen-bond acceptors (Lipinski definition) is 9. The molecule has 3 fully saturated rings. The summed E-state index contributed by atoms with van der Waals surface area (Å²) in [5, 5.41) is 6.29. The van der Waals surface area contributed by atoms with Crippen LogP contribution >= 0.6 is 0 Å². The summed E-state index contributed by atoms with van der Waals surface area (Å²) >= 11 is 0. The van der Waals surface area contributed by atoms with Crippen molar-refractivity contribution in [3.8, 4) is 0 Å². The van der Waals surface area contributed by atoms with Gasteiger partial charge in [-0.1, -0.05) is 32.9 Å². The largest absolute Gasteiger partial charge is 0.385 e. The van der Waals surface area contributed by atoms with E-state index in [0.717, 1.165) is 78.1 Å². The number of aromatic amines is 1. The highest BCUT2D eigenvalue weighted by Gasteiger charge is 2.45. The molecular weight excluding hydrogens is 761 g/mol. The van der Waals surface area contributed by atoms with Gasteiger partial charge in [0.2, 0.25) is 17.7 Å². The standard InChI is InChI=1S/C46H48N8O6/c1-5-26-22-33-34(46(2,3)42-40(41(33)57)31-9-6-27(47-4)24-35(31)49-42)25-37(26)52-16-13-29(14-17-52)51-18-20-53(21-19-51)39(56)12-15-48-28-7-8-30-32(23-28)45(60)54(44(30)59)36-10-11-38(55)50-43(36)58/h6-9,22-25,29,36,48-49H,5,10-21H2,1-3H3,(H,50,55,58). The second-order valence-electron chi connectivity index (χ2n) is 17.1. The van der Waals surface area contributed by atoms with Gasteiger partial charge < -0.3 is 20.1 Å². The highest BCUT2D eigenvalue weighted by atomic mass is 16.2. The number of piperidine rings is 2. The number of imide groups is 2. The third kappa shape index (κ3) is 6.52. The quantitative estimate of drug-likeness (QED) is 0.161. The van der Waals surface area contributed by atoms with Gasteiger partial charge in [0.05, 0.1) is 23.3 Å². The van der Waals surface area contributed by atoms with E-state index in [-0.39, 0.29) is 42.1 Å². The lowest BCUT2D eigenvalue weighted by molar-refractivity contribution is -0.136. The average Bonchev–Trinajstić information content (AvgIpc) is 3.77. The van der Waals surface area contributed by atoms with E-state index in [4.69, 9.17) is 6.57 Å². The number of piperazine rings is 1. The zero-order valence-electron chi connectivity index (χ0n) is 34.2. The van der Waals surface area contributed by atoms with Gasteiger partial charge in [0.25, 0.3) is 11.8 Å². The number of amides is 5. The highest BCUT2D eigenvalue weighted by Crippen LogP contribution is 2.46. The molecule has 0 bridgehead atoms. The van der Waals surface area contributed by atoms with Crippen LogP contribution in [0.3, 0.4) is 0 Å². The van der Waals surface area contributed by atoms with Gasteiger partial charge in [-0.25, -0.2) is 4.85 Å². The minimum Gasteiger partial charge on any atom is -0.385 e. The molecule has 3 saturated heterocycles. The molecule has 60 heavy (non-hydrogen) atoms. The van der Waals surface area contributed by atoms with Crippen LogP contribution in [0.1, 0.15) is 106 Å².